The molecule has 146 valence electrons. The van der Waals surface area contributed by atoms with E-state index in [1.54, 1.807) is 35.9 Å². The molecule has 0 bridgehead atoms. The Kier molecular flexibility index (Phi) is 4.63. The predicted molar refractivity (Wildman–Crippen MR) is 108 cm³/mol. The van der Waals surface area contributed by atoms with Crippen molar-refractivity contribution in [3.63, 3.8) is 0 Å². The molecule has 4 rings (SSSR count). The van der Waals surface area contributed by atoms with E-state index in [1.807, 2.05) is 12.1 Å². The van der Waals surface area contributed by atoms with Crippen LogP contribution in [-0.4, -0.2) is 29.5 Å². The number of rotatable bonds is 4. The van der Waals surface area contributed by atoms with E-state index in [0.29, 0.717) is 28.5 Å². The third-order valence-corrected chi connectivity index (χ3v) is 4.99. The van der Waals surface area contributed by atoms with Gasteiger partial charge < -0.3 is 4.57 Å². The lowest BCUT2D eigenvalue weighted by molar-refractivity contribution is 0.103. The molecule has 4 aromatic rings. The number of carbonyl (C=O) groups excluding carboxylic acids is 1. The highest BCUT2D eigenvalue weighted by atomic mass is 35.5. The normalized spacial score (nSPS) is 11.1. The lowest BCUT2D eigenvalue weighted by Crippen LogP contribution is -2.37. The zero-order valence-electron chi connectivity index (χ0n) is 15.7. The first kappa shape index (κ1) is 18.8. The third kappa shape index (κ3) is 3.27. The molecule has 0 atom stereocenters. The van der Waals surface area contributed by atoms with Crippen molar-refractivity contribution in [2.24, 2.45) is 14.1 Å². The van der Waals surface area contributed by atoms with Crippen LogP contribution < -0.4 is 11.2 Å². The summed E-state index contributed by atoms with van der Waals surface area (Å²) in [6.45, 7) is 0.397. The molecule has 0 aliphatic carbocycles. The maximum absolute atomic E-state index is 12.5. The van der Waals surface area contributed by atoms with Gasteiger partial charge in [0.05, 0.1) is 12.9 Å². The summed E-state index contributed by atoms with van der Waals surface area (Å²) in [5, 5.41) is 0.327. The van der Waals surface area contributed by atoms with Crippen LogP contribution in [0.1, 0.15) is 21.5 Å². The number of pyridine rings is 1. The average Bonchev–Trinajstić information content (AvgIpc) is 3.15. The Morgan fingerprint density at radius 2 is 1.66 bits per heavy atom. The molecule has 0 spiro atoms. The van der Waals surface area contributed by atoms with Crippen molar-refractivity contribution in [1.82, 2.24) is 23.7 Å². The second-order valence-corrected chi connectivity index (χ2v) is 7.03. The molecule has 3 heterocycles. The van der Waals surface area contributed by atoms with Crippen LogP contribution in [0, 0.1) is 0 Å². The highest BCUT2D eigenvalue weighted by Crippen LogP contribution is 2.15. The molecule has 0 unspecified atom stereocenters. The van der Waals surface area contributed by atoms with Crippen LogP contribution in [0.25, 0.3) is 11.2 Å². The molecule has 0 N–H and O–H groups in total. The lowest BCUT2D eigenvalue weighted by Gasteiger charge is -2.09. The third-order valence-electron chi connectivity index (χ3n) is 4.77. The van der Waals surface area contributed by atoms with Gasteiger partial charge in [0.1, 0.15) is 10.8 Å². The summed E-state index contributed by atoms with van der Waals surface area (Å²) < 4.78 is 4.17. The summed E-state index contributed by atoms with van der Waals surface area (Å²) in [7, 11) is 3.03. The van der Waals surface area contributed by atoms with Gasteiger partial charge in [0, 0.05) is 31.4 Å². The number of imidazole rings is 1. The zero-order chi connectivity index (χ0) is 20.7. The first-order valence-corrected chi connectivity index (χ1v) is 9.10. The smallest absolute Gasteiger partial charge is 0.312 e. The number of hydrogen-bond donors (Lipinski definition) is 0. The molecule has 0 fully saturated rings. The second-order valence-electron chi connectivity index (χ2n) is 6.65. The van der Waals surface area contributed by atoms with E-state index in [0.717, 1.165) is 10.1 Å². The van der Waals surface area contributed by atoms with Gasteiger partial charge in [-0.25, -0.2) is 14.8 Å². The number of fused-ring (bicyclic) bond motifs is 1. The predicted octanol–water partition coefficient (Wildman–Crippen LogP) is 1.76. The van der Waals surface area contributed by atoms with E-state index in [1.165, 1.54) is 24.1 Å². The van der Waals surface area contributed by atoms with Crippen LogP contribution in [0.4, 0.5) is 0 Å². The Morgan fingerprint density at radius 1 is 0.966 bits per heavy atom. The highest BCUT2D eigenvalue weighted by molar-refractivity contribution is 6.29. The molecule has 0 aliphatic heterocycles. The fourth-order valence-corrected chi connectivity index (χ4v) is 3.30. The molecule has 29 heavy (non-hydrogen) atoms. The fraction of sp³-hybridized carbons (Fsp3) is 0.150. The summed E-state index contributed by atoms with van der Waals surface area (Å²) in [6.07, 6.45) is 2.97. The number of benzene rings is 1. The van der Waals surface area contributed by atoms with Crippen molar-refractivity contribution in [2.45, 2.75) is 6.54 Å². The Bertz CT molecular complexity index is 1350. The van der Waals surface area contributed by atoms with E-state index in [9.17, 15) is 14.4 Å². The first-order chi connectivity index (χ1) is 13.9. The van der Waals surface area contributed by atoms with Crippen LogP contribution in [0.3, 0.4) is 0 Å². The molecule has 0 aliphatic rings. The summed E-state index contributed by atoms with van der Waals surface area (Å²) >= 11 is 5.76. The van der Waals surface area contributed by atoms with Crippen LogP contribution in [-0.2, 0) is 20.6 Å². The summed E-state index contributed by atoms with van der Waals surface area (Å²) in [4.78, 5) is 45.1. The van der Waals surface area contributed by atoms with E-state index in [-0.39, 0.29) is 11.3 Å². The maximum Gasteiger partial charge on any atom is 0.332 e. The molecular formula is C20H16ClN5O3. The average molecular weight is 410 g/mol. The quantitative estimate of drug-likeness (QED) is 0.378. The summed E-state index contributed by atoms with van der Waals surface area (Å²) in [5.41, 5.74) is 1.70. The van der Waals surface area contributed by atoms with Gasteiger partial charge in [-0.15, -0.1) is 0 Å². The highest BCUT2D eigenvalue weighted by Gasteiger charge is 2.15. The van der Waals surface area contributed by atoms with Crippen LogP contribution in [0.15, 0.2) is 58.5 Å². The van der Waals surface area contributed by atoms with E-state index in [4.69, 9.17) is 11.6 Å². The van der Waals surface area contributed by atoms with Gasteiger partial charge in [-0.1, -0.05) is 35.9 Å². The van der Waals surface area contributed by atoms with Crippen molar-refractivity contribution in [1.29, 1.82) is 0 Å². The molecule has 8 nitrogen and oxygen atoms in total. The molecule has 9 heteroatoms. The molecule has 3 aromatic heterocycles. The van der Waals surface area contributed by atoms with E-state index >= 15 is 0 Å². The molecule has 0 radical (unpaired) electrons. The standard InChI is InChI=1S/C20H16ClN5O3/c1-24-18-16(19(28)25(2)20(24)29)23-11-26(18)10-12-3-5-13(6-4-12)17(27)14-7-8-15(21)22-9-14/h3-9,11H,10H2,1-2H3. The lowest BCUT2D eigenvalue weighted by atomic mass is 10.0. The summed E-state index contributed by atoms with van der Waals surface area (Å²) in [6, 6.07) is 10.3. The second kappa shape index (κ2) is 7.14. The van der Waals surface area contributed by atoms with Crippen molar-refractivity contribution >= 4 is 28.5 Å². The van der Waals surface area contributed by atoms with Gasteiger partial charge in [-0.2, -0.15) is 0 Å². The Hall–Kier alpha value is -3.52. The molecule has 0 saturated heterocycles. The number of halogens is 1. The van der Waals surface area contributed by atoms with E-state index in [2.05, 4.69) is 9.97 Å². The Morgan fingerprint density at radius 3 is 2.31 bits per heavy atom. The topological polar surface area (TPSA) is 91.8 Å². The van der Waals surface area contributed by atoms with Gasteiger partial charge in [0.15, 0.2) is 11.3 Å². The van der Waals surface area contributed by atoms with Gasteiger partial charge >= 0.3 is 5.69 Å². The Labute approximate surface area is 169 Å². The van der Waals surface area contributed by atoms with Crippen LogP contribution >= 0.6 is 11.6 Å². The molecule has 0 amide bonds. The van der Waals surface area contributed by atoms with E-state index < -0.39 is 11.2 Å². The van der Waals surface area contributed by atoms with Gasteiger partial charge in [0.25, 0.3) is 5.56 Å². The molecule has 1 aromatic carbocycles. The summed E-state index contributed by atoms with van der Waals surface area (Å²) in [5.74, 6) is -0.153. The van der Waals surface area contributed by atoms with Crippen LogP contribution in [0.5, 0.6) is 0 Å². The van der Waals surface area contributed by atoms with Gasteiger partial charge in [-0.05, 0) is 17.7 Å². The number of nitrogens with zero attached hydrogens (tertiary/aromatic N) is 5. The van der Waals surface area contributed by atoms with Crippen molar-refractivity contribution in [3.05, 3.63) is 91.6 Å². The minimum atomic E-state index is -0.431. The number of aryl methyl sites for hydroxylation is 1. The largest absolute Gasteiger partial charge is 0.332 e. The van der Waals surface area contributed by atoms with Crippen molar-refractivity contribution in [3.8, 4) is 0 Å². The maximum atomic E-state index is 12.5. The van der Waals surface area contributed by atoms with Crippen molar-refractivity contribution in [2.75, 3.05) is 0 Å². The number of ketones is 1. The SMILES string of the molecule is Cn1c(=O)c2ncn(Cc3ccc(C(=O)c4ccc(Cl)nc4)cc3)c2n(C)c1=O. The van der Waals surface area contributed by atoms with Crippen LogP contribution in [0.2, 0.25) is 5.15 Å². The minimum absolute atomic E-state index is 0.153. The van der Waals surface area contributed by atoms with Gasteiger partial charge in [-0.3, -0.25) is 18.7 Å². The van der Waals surface area contributed by atoms with Crippen molar-refractivity contribution < 1.29 is 4.79 Å². The fourth-order valence-electron chi connectivity index (χ4n) is 3.19. The number of aromatic nitrogens is 5. The monoisotopic (exact) mass is 409 g/mol. The molecular weight excluding hydrogens is 394 g/mol. The zero-order valence-corrected chi connectivity index (χ0v) is 16.4. The number of hydrogen-bond acceptors (Lipinski definition) is 5. The number of carbonyl (C=O) groups is 1. The van der Waals surface area contributed by atoms with Gasteiger partial charge in [0.2, 0.25) is 0 Å². The Balaban J connectivity index is 1.65. The molecule has 0 saturated carbocycles. The first-order valence-electron chi connectivity index (χ1n) is 8.73. The minimum Gasteiger partial charge on any atom is -0.312 e.